The third kappa shape index (κ3) is 4.46. The summed E-state index contributed by atoms with van der Waals surface area (Å²) < 4.78 is 0. The Balaban J connectivity index is 2.01. The van der Waals surface area contributed by atoms with E-state index < -0.39 is 0 Å². The van der Waals surface area contributed by atoms with Crippen molar-refractivity contribution < 1.29 is 0 Å². The van der Waals surface area contributed by atoms with E-state index in [1.807, 2.05) is 24.4 Å². The maximum atomic E-state index is 6.01. The molecule has 0 amide bonds. The first-order valence-corrected chi connectivity index (χ1v) is 7.72. The van der Waals surface area contributed by atoms with Gasteiger partial charge in [-0.05, 0) is 17.7 Å². The van der Waals surface area contributed by atoms with Crippen LogP contribution in [0.2, 0.25) is 10.0 Å². The van der Waals surface area contributed by atoms with Gasteiger partial charge in [0, 0.05) is 30.1 Å². The molecule has 0 atom stereocenters. The van der Waals surface area contributed by atoms with Crippen LogP contribution >= 0.6 is 34.5 Å². The number of nitrogens with zero attached hydrogens (tertiary/aromatic N) is 1. The zero-order valence-electron chi connectivity index (χ0n) is 10.9. The Labute approximate surface area is 127 Å². The molecule has 0 saturated carbocycles. The molecular weight excluding hydrogens is 299 g/mol. The molecule has 0 aliphatic carbocycles. The molecule has 102 valence electrons. The summed E-state index contributed by atoms with van der Waals surface area (Å²) in [5.41, 5.74) is 1.13. The van der Waals surface area contributed by atoms with E-state index in [2.05, 4.69) is 24.1 Å². The fraction of sp³-hybridized carbons (Fsp3) is 0.357. The van der Waals surface area contributed by atoms with Gasteiger partial charge in [0.25, 0.3) is 0 Å². The Morgan fingerprint density at radius 2 is 2.05 bits per heavy atom. The molecule has 0 saturated heterocycles. The van der Waals surface area contributed by atoms with E-state index in [1.165, 1.54) is 4.88 Å². The third-order valence-electron chi connectivity index (χ3n) is 2.63. The van der Waals surface area contributed by atoms with Gasteiger partial charge < -0.3 is 5.32 Å². The predicted octanol–water partition coefficient (Wildman–Crippen LogP) is 4.54. The highest BCUT2D eigenvalue weighted by molar-refractivity contribution is 7.11. The minimum Gasteiger partial charge on any atom is -0.310 e. The quantitative estimate of drug-likeness (QED) is 0.876. The second kappa shape index (κ2) is 6.71. The molecule has 1 aromatic carbocycles. The Hall–Kier alpha value is -0.610. The Kier molecular flexibility index (Phi) is 5.22. The summed E-state index contributed by atoms with van der Waals surface area (Å²) in [6.45, 7) is 5.14. The highest BCUT2D eigenvalue weighted by atomic mass is 35.5. The topological polar surface area (TPSA) is 24.9 Å². The highest BCUT2D eigenvalue weighted by Crippen LogP contribution is 2.24. The van der Waals surface area contributed by atoms with Crippen LogP contribution in [0.1, 0.15) is 29.3 Å². The van der Waals surface area contributed by atoms with Crippen molar-refractivity contribution in [2.75, 3.05) is 0 Å². The smallest absolute Gasteiger partial charge is 0.0972 e. The van der Waals surface area contributed by atoms with Crippen molar-refractivity contribution in [3.63, 3.8) is 0 Å². The van der Waals surface area contributed by atoms with Crippen LogP contribution in [-0.2, 0) is 13.0 Å². The second-order valence-corrected chi connectivity index (χ2v) is 6.70. The summed E-state index contributed by atoms with van der Waals surface area (Å²) in [4.78, 5) is 5.70. The van der Waals surface area contributed by atoms with Crippen LogP contribution in [-0.4, -0.2) is 11.0 Å². The minimum absolute atomic E-state index is 0.487. The van der Waals surface area contributed by atoms with Gasteiger partial charge in [0.2, 0.25) is 0 Å². The molecule has 5 heteroatoms. The molecule has 2 nitrogen and oxygen atoms in total. The Morgan fingerprint density at radius 3 is 2.74 bits per heavy atom. The summed E-state index contributed by atoms with van der Waals surface area (Å²) in [6.07, 6.45) is 2.73. The average Bonchev–Trinajstić information content (AvgIpc) is 2.79. The van der Waals surface area contributed by atoms with Gasteiger partial charge in [-0.3, -0.25) is 0 Å². The molecule has 0 aliphatic rings. The maximum Gasteiger partial charge on any atom is 0.0972 e. The standard InChI is InChI=1S/C14H16Cl2N2S/c1-9(2)17-7-11-8-18-14(19-11)6-10-3-4-12(15)13(16)5-10/h3-5,8-9,17H,6-7H2,1-2H3. The number of thiazole rings is 1. The normalized spacial score (nSPS) is 11.2. The highest BCUT2D eigenvalue weighted by Gasteiger charge is 2.05. The van der Waals surface area contributed by atoms with Gasteiger partial charge >= 0.3 is 0 Å². The molecule has 1 heterocycles. The zero-order valence-corrected chi connectivity index (χ0v) is 13.2. The van der Waals surface area contributed by atoms with Crippen molar-refractivity contribution in [2.24, 2.45) is 0 Å². The van der Waals surface area contributed by atoms with Crippen LogP contribution < -0.4 is 5.32 Å². The number of rotatable bonds is 5. The van der Waals surface area contributed by atoms with E-state index in [-0.39, 0.29) is 0 Å². The number of nitrogens with one attached hydrogen (secondary N) is 1. The van der Waals surface area contributed by atoms with Crippen LogP contribution in [0.4, 0.5) is 0 Å². The summed E-state index contributed by atoms with van der Waals surface area (Å²) in [6, 6.07) is 6.20. The van der Waals surface area contributed by atoms with E-state index in [1.54, 1.807) is 11.3 Å². The maximum absolute atomic E-state index is 6.01. The predicted molar refractivity (Wildman–Crippen MR) is 83.4 cm³/mol. The molecule has 0 bridgehead atoms. The van der Waals surface area contributed by atoms with Crippen LogP contribution in [0.15, 0.2) is 24.4 Å². The molecule has 19 heavy (non-hydrogen) atoms. The van der Waals surface area contributed by atoms with Gasteiger partial charge in [0.1, 0.15) is 0 Å². The number of aromatic nitrogens is 1. The van der Waals surface area contributed by atoms with Crippen molar-refractivity contribution in [3.8, 4) is 0 Å². The summed E-state index contributed by atoms with van der Waals surface area (Å²) in [5.74, 6) is 0. The lowest BCUT2D eigenvalue weighted by atomic mass is 10.2. The molecule has 1 aromatic heterocycles. The van der Waals surface area contributed by atoms with Crippen molar-refractivity contribution in [1.29, 1.82) is 0 Å². The number of hydrogen-bond donors (Lipinski definition) is 1. The van der Waals surface area contributed by atoms with Crippen LogP contribution in [0.25, 0.3) is 0 Å². The summed E-state index contributed by atoms with van der Waals surface area (Å²) >= 11 is 13.6. The fourth-order valence-electron chi connectivity index (χ4n) is 1.64. The van der Waals surface area contributed by atoms with Gasteiger partial charge in [-0.2, -0.15) is 0 Å². The van der Waals surface area contributed by atoms with Crippen molar-refractivity contribution in [1.82, 2.24) is 10.3 Å². The lowest BCUT2D eigenvalue weighted by molar-refractivity contribution is 0.593. The Morgan fingerprint density at radius 1 is 1.26 bits per heavy atom. The first-order valence-electron chi connectivity index (χ1n) is 6.15. The van der Waals surface area contributed by atoms with Gasteiger partial charge in [-0.15, -0.1) is 11.3 Å². The number of hydrogen-bond acceptors (Lipinski definition) is 3. The van der Waals surface area contributed by atoms with Crippen LogP contribution in [0.3, 0.4) is 0 Å². The molecule has 2 rings (SSSR count). The molecule has 0 unspecified atom stereocenters. The lowest BCUT2D eigenvalue weighted by Gasteiger charge is -2.04. The van der Waals surface area contributed by atoms with E-state index >= 15 is 0 Å². The van der Waals surface area contributed by atoms with E-state index in [0.29, 0.717) is 16.1 Å². The summed E-state index contributed by atoms with van der Waals surface area (Å²) in [7, 11) is 0. The van der Waals surface area contributed by atoms with Crippen LogP contribution in [0.5, 0.6) is 0 Å². The van der Waals surface area contributed by atoms with Gasteiger partial charge in [-0.25, -0.2) is 4.98 Å². The largest absolute Gasteiger partial charge is 0.310 e. The molecule has 0 radical (unpaired) electrons. The van der Waals surface area contributed by atoms with Gasteiger partial charge in [0.15, 0.2) is 0 Å². The van der Waals surface area contributed by atoms with Crippen LogP contribution in [0, 0.1) is 0 Å². The molecule has 2 aromatic rings. The first kappa shape index (κ1) is 14.8. The molecule has 0 aliphatic heterocycles. The van der Waals surface area contributed by atoms with E-state index in [9.17, 15) is 0 Å². The third-order valence-corrected chi connectivity index (χ3v) is 4.36. The minimum atomic E-state index is 0.487. The average molecular weight is 315 g/mol. The number of halogens is 2. The first-order chi connectivity index (χ1) is 9.04. The molecule has 0 spiro atoms. The number of benzene rings is 1. The lowest BCUT2D eigenvalue weighted by Crippen LogP contribution is -2.21. The SMILES string of the molecule is CC(C)NCc1cnc(Cc2ccc(Cl)c(Cl)c2)s1. The van der Waals surface area contributed by atoms with Crippen molar-refractivity contribution in [2.45, 2.75) is 32.9 Å². The molecular formula is C14H16Cl2N2S. The second-order valence-electron chi connectivity index (χ2n) is 4.68. The molecule has 0 fully saturated rings. The Bertz CT molecular complexity index is 552. The van der Waals surface area contributed by atoms with Gasteiger partial charge in [0.05, 0.1) is 15.1 Å². The van der Waals surface area contributed by atoms with Crippen molar-refractivity contribution >= 4 is 34.5 Å². The zero-order chi connectivity index (χ0) is 13.8. The monoisotopic (exact) mass is 314 g/mol. The van der Waals surface area contributed by atoms with E-state index in [0.717, 1.165) is 23.5 Å². The molecule has 1 N–H and O–H groups in total. The van der Waals surface area contributed by atoms with Crippen molar-refractivity contribution in [3.05, 3.63) is 49.9 Å². The van der Waals surface area contributed by atoms with Gasteiger partial charge in [-0.1, -0.05) is 43.1 Å². The van der Waals surface area contributed by atoms with E-state index in [4.69, 9.17) is 23.2 Å². The fourth-order valence-corrected chi connectivity index (χ4v) is 2.87. The summed E-state index contributed by atoms with van der Waals surface area (Å²) in [5, 5.41) is 5.67.